The van der Waals surface area contributed by atoms with Crippen molar-refractivity contribution in [3.63, 3.8) is 0 Å². The summed E-state index contributed by atoms with van der Waals surface area (Å²) in [5, 5.41) is 0.710. The molecule has 0 amide bonds. The van der Waals surface area contributed by atoms with Crippen molar-refractivity contribution in [2.75, 3.05) is 4.72 Å². The van der Waals surface area contributed by atoms with E-state index < -0.39 is 26.7 Å². The van der Waals surface area contributed by atoms with E-state index >= 15 is 0 Å². The number of rotatable bonds is 3. The standard InChI is InChI=1S/C16H11F3N2O2S/c17-16(18,19)12-6-2-7-13(10-12)24(22,23)21-14-8-1-4-11-5-3-9-20-15(11)14/h1-10,21H. The van der Waals surface area contributed by atoms with E-state index in [4.69, 9.17) is 0 Å². The third-order valence-corrected chi connectivity index (χ3v) is 4.71. The number of fused-ring (bicyclic) bond motifs is 1. The van der Waals surface area contributed by atoms with Crippen LogP contribution in [0.3, 0.4) is 0 Å². The van der Waals surface area contributed by atoms with Crippen molar-refractivity contribution in [2.24, 2.45) is 0 Å². The topological polar surface area (TPSA) is 59.1 Å². The van der Waals surface area contributed by atoms with Crippen LogP contribution in [0, 0.1) is 0 Å². The van der Waals surface area contributed by atoms with Crippen molar-refractivity contribution in [2.45, 2.75) is 11.1 Å². The highest BCUT2D eigenvalue weighted by Gasteiger charge is 2.31. The predicted molar refractivity (Wildman–Crippen MR) is 84.0 cm³/mol. The number of aromatic nitrogens is 1. The molecule has 124 valence electrons. The molecule has 1 aromatic heterocycles. The van der Waals surface area contributed by atoms with Gasteiger partial charge in [0.05, 0.1) is 21.7 Å². The minimum atomic E-state index is -4.62. The van der Waals surface area contributed by atoms with Gasteiger partial charge in [-0.15, -0.1) is 0 Å². The maximum absolute atomic E-state index is 12.8. The quantitative estimate of drug-likeness (QED) is 0.773. The highest BCUT2D eigenvalue weighted by Crippen LogP contribution is 2.31. The van der Waals surface area contributed by atoms with Crippen LogP contribution in [0.1, 0.15) is 5.56 Å². The van der Waals surface area contributed by atoms with Gasteiger partial charge >= 0.3 is 6.18 Å². The van der Waals surface area contributed by atoms with Gasteiger partial charge in [-0.1, -0.05) is 24.3 Å². The summed E-state index contributed by atoms with van der Waals surface area (Å²) in [5.41, 5.74) is -0.414. The molecule has 1 N–H and O–H groups in total. The molecule has 0 atom stereocenters. The van der Waals surface area contributed by atoms with Crippen LogP contribution >= 0.6 is 0 Å². The molecule has 0 fully saturated rings. The monoisotopic (exact) mass is 352 g/mol. The molecule has 3 aromatic rings. The van der Waals surface area contributed by atoms with Crippen LogP contribution in [0.4, 0.5) is 18.9 Å². The zero-order chi connectivity index (χ0) is 17.4. The lowest BCUT2D eigenvalue weighted by atomic mass is 10.2. The highest BCUT2D eigenvalue weighted by atomic mass is 32.2. The van der Waals surface area contributed by atoms with Gasteiger partial charge in [-0.3, -0.25) is 9.71 Å². The molecule has 1 heterocycles. The summed E-state index contributed by atoms with van der Waals surface area (Å²) in [7, 11) is -4.18. The van der Waals surface area contributed by atoms with E-state index in [0.29, 0.717) is 17.0 Å². The first-order valence-corrected chi connectivity index (χ1v) is 8.29. The Morgan fingerprint density at radius 3 is 2.42 bits per heavy atom. The van der Waals surface area contributed by atoms with Crippen molar-refractivity contribution in [3.8, 4) is 0 Å². The molecule has 0 saturated carbocycles. The molecule has 2 aromatic carbocycles. The Hall–Kier alpha value is -2.61. The minimum Gasteiger partial charge on any atom is -0.277 e. The fourth-order valence-electron chi connectivity index (χ4n) is 2.23. The van der Waals surface area contributed by atoms with Crippen LogP contribution in [0.2, 0.25) is 0 Å². The van der Waals surface area contributed by atoms with E-state index in [1.165, 1.54) is 12.3 Å². The number of nitrogens with zero attached hydrogens (tertiary/aromatic N) is 1. The van der Waals surface area contributed by atoms with Gasteiger partial charge in [-0.2, -0.15) is 13.2 Å². The Morgan fingerprint density at radius 2 is 1.67 bits per heavy atom. The van der Waals surface area contributed by atoms with Gasteiger partial charge in [0, 0.05) is 11.6 Å². The number of alkyl halides is 3. The van der Waals surface area contributed by atoms with Gasteiger partial charge in [-0.05, 0) is 30.3 Å². The van der Waals surface area contributed by atoms with Crippen molar-refractivity contribution < 1.29 is 21.6 Å². The average molecular weight is 352 g/mol. The number of para-hydroxylation sites is 1. The third-order valence-electron chi connectivity index (χ3n) is 3.35. The fraction of sp³-hybridized carbons (Fsp3) is 0.0625. The van der Waals surface area contributed by atoms with Crippen molar-refractivity contribution in [1.29, 1.82) is 0 Å². The summed E-state index contributed by atoms with van der Waals surface area (Å²) in [6, 6.07) is 11.9. The van der Waals surface area contributed by atoms with E-state index in [2.05, 4.69) is 9.71 Å². The van der Waals surface area contributed by atoms with E-state index in [1.54, 1.807) is 24.3 Å². The fourth-order valence-corrected chi connectivity index (χ4v) is 3.34. The molecule has 0 spiro atoms. The number of halogens is 3. The molecule has 8 heteroatoms. The van der Waals surface area contributed by atoms with Gasteiger partial charge < -0.3 is 0 Å². The minimum absolute atomic E-state index is 0.200. The van der Waals surface area contributed by atoms with Crippen LogP contribution in [-0.4, -0.2) is 13.4 Å². The van der Waals surface area contributed by atoms with Gasteiger partial charge in [-0.25, -0.2) is 8.42 Å². The number of hydrogen-bond donors (Lipinski definition) is 1. The molecule has 0 aliphatic heterocycles. The van der Waals surface area contributed by atoms with E-state index in [-0.39, 0.29) is 5.69 Å². The lowest BCUT2D eigenvalue weighted by Crippen LogP contribution is -2.15. The normalized spacial score (nSPS) is 12.3. The van der Waals surface area contributed by atoms with Crippen LogP contribution < -0.4 is 4.72 Å². The Kier molecular flexibility index (Phi) is 3.92. The second-order valence-corrected chi connectivity index (χ2v) is 6.69. The number of sulfonamides is 1. The average Bonchev–Trinajstić information content (AvgIpc) is 2.54. The number of nitrogens with one attached hydrogen (secondary N) is 1. The third kappa shape index (κ3) is 3.18. The Bertz CT molecular complexity index is 996. The lowest BCUT2D eigenvalue weighted by Gasteiger charge is -2.12. The van der Waals surface area contributed by atoms with Crippen molar-refractivity contribution in [1.82, 2.24) is 4.98 Å². The maximum atomic E-state index is 12.8. The second-order valence-electron chi connectivity index (χ2n) is 5.01. The van der Waals surface area contributed by atoms with Gasteiger partial charge in [0.15, 0.2) is 0 Å². The smallest absolute Gasteiger partial charge is 0.277 e. The van der Waals surface area contributed by atoms with Gasteiger partial charge in [0.2, 0.25) is 0 Å². The van der Waals surface area contributed by atoms with Gasteiger partial charge in [0.1, 0.15) is 0 Å². The van der Waals surface area contributed by atoms with E-state index in [1.807, 2.05) is 0 Å². The first kappa shape index (κ1) is 16.3. The van der Waals surface area contributed by atoms with Crippen molar-refractivity contribution >= 4 is 26.6 Å². The Labute approximate surface area is 136 Å². The molecule has 0 saturated heterocycles. The Morgan fingerprint density at radius 1 is 0.958 bits per heavy atom. The summed E-state index contributed by atoms with van der Waals surface area (Å²) >= 11 is 0. The zero-order valence-electron chi connectivity index (χ0n) is 12.1. The van der Waals surface area contributed by atoms with Crippen LogP contribution in [0.15, 0.2) is 65.7 Å². The maximum Gasteiger partial charge on any atom is 0.416 e. The number of pyridine rings is 1. The molecule has 0 radical (unpaired) electrons. The zero-order valence-corrected chi connectivity index (χ0v) is 12.9. The van der Waals surface area contributed by atoms with Crippen molar-refractivity contribution in [3.05, 3.63) is 66.4 Å². The molecular formula is C16H11F3N2O2S. The molecule has 0 aliphatic rings. The number of benzene rings is 2. The molecule has 0 bridgehead atoms. The first-order chi connectivity index (χ1) is 11.3. The molecular weight excluding hydrogens is 341 g/mol. The second kappa shape index (κ2) is 5.79. The largest absolute Gasteiger partial charge is 0.416 e. The van der Waals surface area contributed by atoms with Crippen LogP contribution in [-0.2, 0) is 16.2 Å². The molecule has 3 rings (SSSR count). The van der Waals surface area contributed by atoms with Gasteiger partial charge in [0.25, 0.3) is 10.0 Å². The molecule has 24 heavy (non-hydrogen) atoms. The lowest BCUT2D eigenvalue weighted by molar-refractivity contribution is -0.137. The predicted octanol–water partition coefficient (Wildman–Crippen LogP) is 4.05. The molecule has 0 unspecified atom stereocenters. The summed E-state index contributed by atoms with van der Waals surface area (Å²) in [5.74, 6) is 0. The summed E-state index contributed by atoms with van der Waals surface area (Å²) in [6.07, 6.45) is -3.11. The van der Waals surface area contributed by atoms with Crippen LogP contribution in [0.5, 0.6) is 0 Å². The first-order valence-electron chi connectivity index (χ1n) is 6.81. The number of hydrogen-bond acceptors (Lipinski definition) is 3. The number of anilines is 1. The molecule has 0 aliphatic carbocycles. The summed E-state index contributed by atoms with van der Waals surface area (Å²) in [6.45, 7) is 0. The SMILES string of the molecule is O=S(=O)(Nc1cccc2cccnc12)c1cccc(C(F)(F)F)c1. The van der Waals surface area contributed by atoms with E-state index in [9.17, 15) is 21.6 Å². The highest BCUT2D eigenvalue weighted by molar-refractivity contribution is 7.92. The van der Waals surface area contributed by atoms with Crippen LogP contribution in [0.25, 0.3) is 10.9 Å². The summed E-state index contributed by atoms with van der Waals surface area (Å²) in [4.78, 5) is 3.64. The summed E-state index contributed by atoms with van der Waals surface area (Å²) < 4.78 is 65.4. The Balaban J connectivity index is 2.03. The molecule has 4 nitrogen and oxygen atoms in total. The van der Waals surface area contributed by atoms with E-state index in [0.717, 1.165) is 18.2 Å².